The summed E-state index contributed by atoms with van der Waals surface area (Å²) in [7, 11) is 0. The van der Waals surface area contributed by atoms with Crippen molar-refractivity contribution >= 4 is 22.4 Å². The van der Waals surface area contributed by atoms with Crippen LogP contribution in [0.4, 0.5) is 0 Å². The summed E-state index contributed by atoms with van der Waals surface area (Å²) in [5.74, 6) is -0.410. The average Bonchev–Trinajstić information content (AvgIpc) is 2.93. The molecule has 0 spiro atoms. The van der Waals surface area contributed by atoms with Crippen molar-refractivity contribution in [2.45, 2.75) is 25.8 Å². The number of carbonyl (C=O) groups is 1. The molecule has 0 radical (unpaired) electrons. The van der Waals surface area contributed by atoms with E-state index >= 15 is 0 Å². The maximum absolute atomic E-state index is 11.8. The van der Waals surface area contributed by atoms with Crippen molar-refractivity contribution in [1.82, 2.24) is 9.88 Å². The summed E-state index contributed by atoms with van der Waals surface area (Å²) in [6, 6.07) is 6.73. The number of primary amides is 1. The molecule has 0 saturated carbocycles. The Morgan fingerprint density at radius 2 is 2.32 bits per heavy atom. The molecule has 2 atom stereocenters. The number of hydrogen-bond acceptors (Lipinski definition) is 2. The Morgan fingerprint density at radius 3 is 3.09 bits per heavy atom. The molecule has 1 aromatic heterocycles. The molecular formula is C18H21N3O. The molecule has 0 bridgehead atoms. The molecule has 1 amide bonds. The molecule has 1 aromatic carbocycles. The predicted octanol–water partition coefficient (Wildman–Crippen LogP) is 2.30. The lowest BCUT2D eigenvalue weighted by Crippen LogP contribution is -2.48. The van der Waals surface area contributed by atoms with E-state index in [0.717, 1.165) is 25.9 Å². The third kappa shape index (κ3) is 1.91. The highest BCUT2D eigenvalue weighted by molar-refractivity contribution is 5.99. The van der Waals surface area contributed by atoms with Gasteiger partial charge in [0.25, 0.3) is 0 Å². The van der Waals surface area contributed by atoms with Crippen LogP contribution in [0.2, 0.25) is 0 Å². The lowest BCUT2D eigenvalue weighted by atomic mass is 9.79. The second-order valence-corrected chi connectivity index (χ2v) is 6.39. The first-order valence-electron chi connectivity index (χ1n) is 8.03. The molecule has 22 heavy (non-hydrogen) atoms. The first kappa shape index (κ1) is 13.6. The zero-order chi connectivity index (χ0) is 15.3. The number of aromatic nitrogens is 1. The van der Waals surface area contributed by atoms with Crippen LogP contribution >= 0.6 is 0 Å². The van der Waals surface area contributed by atoms with E-state index in [1.807, 2.05) is 0 Å². The van der Waals surface area contributed by atoms with Crippen LogP contribution in [-0.2, 0) is 11.2 Å². The topological polar surface area (TPSA) is 62.1 Å². The van der Waals surface area contributed by atoms with Crippen molar-refractivity contribution in [2.24, 2.45) is 11.7 Å². The van der Waals surface area contributed by atoms with E-state index in [0.29, 0.717) is 6.04 Å². The number of H-pyrrole nitrogens is 1. The Kier molecular flexibility index (Phi) is 3.08. The number of hydrogen-bond donors (Lipinski definition) is 2. The van der Waals surface area contributed by atoms with Crippen LogP contribution in [0.5, 0.6) is 0 Å². The number of amides is 1. The molecule has 4 rings (SSSR count). The standard InChI is InChI=1S/C18H21N3O/c1-2-6-21-10-12(18(19)22)7-14-13-4-3-5-15-17(13)11(9-20-15)8-16(14)21/h3-5,7,9,12,16,20H,2,6,8,10H2,1H3,(H2,19,22). The summed E-state index contributed by atoms with van der Waals surface area (Å²) >= 11 is 0. The number of fused-ring (bicyclic) bond motifs is 2. The molecule has 2 aromatic rings. The Labute approximate surface area is 130 Å². The highest BCUT2D eigenvalue weighted by Crippen LogP contribution is 2.41. The zero-order valence-electron chi connectivity index (χ0n) is 12.8. The van der Waals surface area contributed by atoms with Crippen molar-refractivity contribution in [1.29, 1.82) is 0 Å². The maximum Gasteiger partial charge on any atom is 0.225 e. The number of aromatic amines is 1. The third-order valence-electron chi connectivity index (χ3n) is 5.00. The van der Waals surface area contributed by atoms with E-state index in [1.54, 1.807) is 0 Å². The molecule has 1 aliphatic carbocycles. The highest BCUT2D eigenvalue weighted by Gasteiger charge is 2.36. The van der Waals surface area contributed by atoms with Crippen LogP contribution in [0, 0.1) is 5.92 Å². The molecular weight excluding hydrogens is 274 g/mol. The van der Waals surface area contributed by atoms with Gasteiger partial charge in [0, 0.05) is 29.7 Å². The Hall–Kier alpha value is -2.07. The monoisotopic (exact) mass is 295 g/mol. The number of nitrogens with zero attached hydrogens (tertiary/aromatic N) is 1. The largest absolute Gasteiger partial charge is 0.369 e. The van der Waals surface area contributed by atoms with E-state index in [4.69, 9.17) is 5.73 Å². The SMILES string of the molecule is CCCN1CC(C(N)=O)C=C2c3cccc4[nH]cc(c34)CC21. The second kappa shape index (κ2) is 4.99. The molecule has 4 nitrogen and oxygen atoms in total. The molecule has 3 N–H and O–H groups in total. The fraction of sp³-hybridized carbons (Fsp3) is 0.389. The fourth-order valence-corrected chi connectivity index (χ4v) is 4.04. The number of nitrogens with one attached hydrogen (secondary N) is 1. The summed E-state index contributed by atoms with van der Waals surface area (Å²) < 4.78 is 0. The summed E-state index contributed by atoms with van der Waals surface area (Å²) in [4.78, 5) is 17.6. The van der Waals surface area contributed by atoms with Gasteiger partial charge in [-0.05, 0) is 42.2 Å². The van der Waals surface area contributed by atoms with Gasteiger partial charge < -0.3 is 10.7 Å². The molecule has 1 aliphatic heterocycles. The van der Waals surface area contributed by atoms with Gasteiger partial charge >= 0.3 is 0 Å². The quantitative estimate of drug-likeness (QED) is 0.912. The van der Waals surface area contributed by atoms with E-state index in [-0.39, 0.29) is 11.8 Å². The first-order valence-corrected chi connectivity index (χ1v) is 8.03. The minimum Gasteiger partial charge on any atom is -0.369 e. The maximum atomic E-state index is 11.8. The molecule has 2 unspecified atom stereocenters. The minimum absolute atomic E-state index is 0.187. The van der Waals surface area contributed by atoms with E-state index in [2.05, 4.69) is 47.3 Å². The Balaban J connectivity index is 1.89. The first-order chi connectivity index (χ1) is 10.7. The lowest BCUT2D eigenvalue weighted by Gasteiger charge is -2.41. The van der Waals surface area contributed by atoms with E-state index in [9.17, 15) is 4.79 Å². The summed E-state index contributed by atoms with van der Waals surface area (Å²) in [6.07, 6.45) is 6.34. The van der Waals surface area contributed by atoms with Crippen molar-refractivity contribution in [2.75, 3.05) is 13.1 Å². The number of rotatable bonds is 3. The van der Waals surface area contributed by atoms with Gasteiger partial charge in [0.15, 0.2) is 0 Å². The van der Waals surface area contributed by atoms with Gasteiger partial charge in [-0.25, -0.2) is 0 Å². The molecule has 2 aliphatic rings. The van der Waals surface area contributed by atoms with Crippen LogP contribution in [0.3, 0.4) is 0 Å². The second-order valence-electron chi connectivity index (χ2n) is 6.39. The lowest BCUT2D eigenvalue weighted by molar-refractivity contribution is -0.121. The molecule has 4 heteroatoms. The van der Waals surface area contributed by atoms with Crippen LogP contribution in [-0.4, -0.2) is 34.9 Å². The summed E-state index contributed by atoms with van der Waals surface area (Å²) in [5.41, 5.74) is 10.7. The fourth-order valence-electron chi connectivity index (χ4n) is 4.04. The van der Waals surface area contributed by atoms with Crippen LogP contribution in [0.15, 0.2) is 30.5 Å². The number of benzene rings is 1. The normalized spacial score (nSPS) is 24.1. The molecule has 2 heterocycles. The van der Waals surface area contributed by atoms with Gasteiger partial charge in [0.1, 0.15) is 0 Å². The van der Waals surface area contributed by atoms with Crippen molar-refractivity contribution in [3.63, 3.8) is 0 Å². The van der Waals surface area contributed by atoms with Crippen LogP contribution in [0.25, 0.3) is 16.5 Å². The highest BCUT2D eigenvalue weighted by atomic mass is 16.1. The third-order valence-corrected chi connectivity index (χ3v) is 5.00. The van der Waals surface area contributed by atoms with Crippen molar-refractivity contribution in [3.8, 4) is 0 Å². The van der Waals surface area contributed by atoms with Gasteiger partial charge in [-0.15, -0.1) is 0 Å². The average molecular weight is 295 g/mol. The van der Waals surface area contributed by atoms with Gasteiger partial charge in [0.2, 0.25) is 5.91 Å². The molecule has 0 fully saturated rings. The van der Waals surface area contributed by atoms with Crippen LogP contribution in [0.1, 0.15) is 24.5 Å². The van der Waals surface area contributed by atoms with Gasteiger partial charge in [-0.3, -0.25) is 9.69 Å². The zero-order valence-corrected chi connectivity index (χ0v) is 12.8. The summed E-state index contributed by atoms with van der Waals surface area (Å²) in [5, 5.41) is 1.31. The van der Waals surface area contributed by atoms with Crippen molar-refractivity contribution in [3.05, 3.63) is 41.6 Å². The Morgan fingerprint density at radius 1 is 1.45 bits per heavy atom. The summed E-state index contributed by atoms with van der Waals surface area (Å²) in [6.45, 7) is 3.93. The van der Waals surface area contributed by atoms with E-state index < -0.39 is 0 Å². The Bertz CT molecular complexity index is 774. The van der Waals surface area contributed by atoms with Gasteiger partial charge in [-0.1, -0.05) is 25.1 Å². The molecule has 114 valence electrons. The number of carbonyl (C=O) groups excluding carboxylic acids is 1. The predicted molar refractivity (Wildman–Crippen MR) is 88.3 cm³/mol. The van der Waals surface area contributed by atoms with E-state index in [1.165, 1.54) is 27.6 Å². The van der Waals surface area contributed by atoms with Crippen molar-refractivity contribution < 1.29 is 4.79 Å². The number of nitrogens with two attached hydrogens (primary N) is 1. The van der Waals surface area contributed by atoms with Gasteiger partial charge in [-0.2, -0.15) is 0 Å². The molecule has 0 saturated heterocycles. The van der Waals surface area contributed by atoms with Gasteiger partial charge in [0.05, 0.1) is 5.92 Å². The van der Waals surface area contributed by atoms with Crippen LogP contribution < -0.4 is 5.73 Å². The smallest absolute Gasteiger partial charge is 0.225 e. The minimum atomic E-state index is -0.223.